The number of carbonyl (C=O) groups excluding carboxylic acids is 1. The number of carbonyl (C=O) groups is 2. The molecule has 2 heterocycles. The van der Waals surface area contributed by atoms with E-state index in [9.17, 15) is 18.0 Å². The third-order valence-corrected chi connectivity index (χ3v) is 4.42. The number of amides is 1. The van der Waals surface area contributed by atoms with Crippen LogP contribution in [0.4, 0.5) is 13.2 Å². The smallest absolute Gasteiger partial charge is 0.475 e. The van der Waals surface area contributed by atoms with Gasteiger partial charge < -0.3 is 14.9 Å². The first-order chi connectivity index (χ1) is 13.4. The van der Waals surface area contributed by atoms with E-state index < -0.39 is 12.1 Å². The summed E-state index contributed by atoms with van der Waals surface area (Å²) in [5.41, 5.74) is 5.24. The maximum Gasteiger partial charge on any atom is 0.490 e. The molecular formula is C19H23F3N4O3. The maximum absolute atomic E-state index is 12.8. The first-order valence-electron chi connectivity index (χ1n) is 8.75. The summed E-state index contributed by atoms with van der Waals surface area (Å²) in [5, 5.41) is 11.7. The van der Waals surface area contributed by atoms with Crippen LogP contribution in [0.2, 0.25) is 0 Å². The van der Waals surface area contributed by atoms with E-state index in [0.717, 1.165) is 29.1 Å². The molecule has 7 nitrogen and oxygen atoms in total. The average molecular weight is 412 g/mol. The van der Waals surface area contributed by atoms with Crippen LogP contribution in [0.1, 0.15) is 32.9 Å². The Balaban J connectivity index is 0.000000370. The lowest BCUT2D eigenvalue weighted by Crippen LogP contribution is -2.27. The average Bonchev–Trinajstić information content (AvgIpc) is 3.16. The third-order valence-electron chi connectivity index (χ3n) is 4.42. The standard InChI is InChI=1S/C17H22N4O.C2HF3O2/c1-12-7-5-6-8-13(12)17(22)21-9-14-15(10-19(2)3)18-20(4)16(14)11-21;3-2(4,5)1(6)7/h5-8H,9-11H2,1-4H3;(H,6,7). The van der Waals surface area contributed by atoms with E-state index in [1.807, 2.05) is 61.9 Å². The molecule has 29 heavy (non-hydrogen) atoms. The highest BCUT2D eigenvalue weighted by Gasteiger charge is 2.38. The van der Waals surface area contributed by atoms with Gasteiger partial charge in [-0.25, -0.2) is 4.79 Å². The molecule has 1 aliphatic rings. The van der Waals surface area contributed by atoms with Gasteiger partial charge in [0, 0.05) is 24.7 Å². The van der Waals surface area contributed by atoms with E-state index >= 15 is 0 Å². The highest BCUT2D eigenvalue weighted by atomic mass is 19.4. The van der Waals surface area contributed by atoms with Gasteiger partial charge in [0.15, 0.2) is 0 Å². The molecule has 1 amide bonds. The minimum atomic E-state index is -5.08. The summed E-state index contributed by atoms with van der Waals surface area (Å²) >= 11 is 0. The molecule has 2 aromatic rings. The molecule has 0 fully saturated rings. The highest BCUT2D eigenvalue weighted by molar-refractivity contribution is 5.95. The first kappa shape index (κ1) is 22.4. The van der Waals surface area contributed by atoms with E-state index in [-0.39, 0.29) is 5.91 Å². The molecule has 0 spiro atoms. The maximum atomic E-state index is 12.8. The number of alkyl halides is 3. The highest BCUT2D eigenvalue weighted by Crippen LogP contribution is 2.28. The van der Waals surface area contributed by atoms with Crippen molar-refractivity contribution in [2.24, 2.45) is 7.05 Å². The van der Waals surface area contributed by atoms with Crippen molar-refractivity contribution in [2.45, 2.75) is 32.7 Å². The largest absolute Gasteiger partial charge is 0.490 e. The number of carboxylic acid groups (broad SMARTS) is 1. The number of aryl methyl sites for hydroxylation is 2. The Bertz CT molecular complexity index is 907. The van der Waals surface area contributed by atoms with Gasteiger partial charge in [0.05, 0.1) is 24.5 Å². The Morgan fingerprint density at radius 3 is 2.31 bits per heavy atom. The van der Waals surface area contributed by atoms with E-state index in [1.54, 1.807) is 0 Å². The van der Waals surface area contributed by atoms with E-state index in [2.05, 4.69) is 10.00 Å². The Morgan fingerprint density at radius 2 is 1.79 bits per heavy atom. The number of aliphatic carboxylic acids is 1. The fourth-order valence-electron chi connectivity index (χ4n) is 3.02. The minimum absolute atomic E-state index is 0.102. The molecule has 158 valence electrons. The number of benzene rings is 1. The predicted molar refractivity (Wildman–Crippen MR) is 99.0 cm³/mol. The minimum Gasteiger partial charge on any atom is -0.475 e. The van der Waals surface area contributed by atoms with E-state index in [1.165, 1.54) is 5.56 Å². The van der Waals surface area contributed by atoms with Gasteiger partial charge in [0.2, 0.25) is 0 Å². The van der Waals surface area contributed by atoms with Crippen molar-refractivity contribution in [3.05, 3.63) is 52.3 Å². The van der Waals surface area contributed by atoms with Crippen molar-refractivity contribution in [3.8, 4) is 0 Å². The monoisotopic (exact) mass is 412 g/mol. The van der Waals surface area contributed by atoms with Crippen LogP contribution < -0.4 is 0 Å². The Morgan fingerprint density at radius 1 is 1.21 bits per heavy atom. The molecule has 0 saturated heterocycles. The molecule has 1 N–H and O–H groups in total. The van der Waals surface area contributed by atoms with Crippen molar-refractivity contribution in [2.75, 3.05) is 14.1 Å². The summed E-state index contributed by atoms with van der Waals surface area (Å²) in [4.78, 5) is 25.7. The van der Waals surface area contributed by atoms with Gasteiger partial charge in [-0.1, -0.05) is 18.2 Å². The summed E-state index contributed by atoms with van der Waals surface area (Å²) in [6.07, 6.45) is -5.08. The number of hydrogen-bond acceptors (Lipinski definition) is 4. The summed E-state index contributed by atoms with van der Waals surface area (Å²) in [5.74, 6) is -2.65. The Labute approximate surface area is 166 Å². The van der Waals surface area contributed by atoms with Crippen LogP contribution in [0.25, 0.3) is 0 Å². The van der Waals surface area contributed by atoms with Crippen molar-refractivity contribution in [1.82, 2.24) is 19.6 Å². The van der Waals surface area contributed by atoms with Gasteiger partial charge in [0.1, 0.15) is 0 Å². The van der Waals surface area contributed by atoms with Crippen molar-refractivity contribution in [3.63, 3.8) is 0 Å². The number of halogens is 3. The Hall–Kier alpha value is -2.88. The van der Waals surface area contributed by atoms with Crippen molar-refractivity contribution >= 4 is 11.9 Å². The zero-order valence-electron chi connectivity index (χ0n) is 16.6. The van der Waals surface area contributed by atoms with Gasteiger partial charge in [-0.3, -0.25) is 9.48 Å². The quantitative estimate of drug-likeness (QED) is 0.839. The van der Waals surface area contributed by atoms with Crippen LogP contribution >= 0.6 is 0 Å². The second kappa shape index (κ2) is 8.64. The van der Waals surface area contributed by atoms with Crippen LogP contribution in [0.5, 0.6) is 0 Å². The first-order valence-corrected chi connectivity index (χ1v) is 8.75. The molecular weight excluding hydrogens is 389 g/mol. The Kier molecular flexibility index (Phi) is 6.68. The van der Waals surface area contributed by atoms with Crippen LogP contribution in [-0.2, 0) is 31.5 Å². The molecule has 0 saturated carbocycles. The fourth-order valence-corrected chi connectivity index (χ4v) is 3.02. The zero-order chi connectivity index (χ0) is 21.9. The second-order valence-electron chi connectivity index (χ2n) is 7.01. The molecule has 0 radical (unpaired) electrons. The van der Waals surface area contributed by atoms with Gasteiger partial charge in [-0.05, 0) is 32.6 Å². The summed E-state index contributed by atoms with van der Waals surface area (Å²) in [6.45, 7) is 4.07. The molecule has 3 rings (SSSR count). The summed E-state index contributed by atoms with van der Waals surface area (Å²) < 4.78 is 33.7. The molecule has 1 aliphatic heterocycles. The van der Waals surface area contributed by atoms with Gasteiger partial charge in [0.25, 0.3) is 5.91 Å². The lowest BCUT2D eigenvalue weighted by atomic mass is 10.1. The molecule has 0 aliphatic carbocycles. The molecule has 0 atom stereocenters. The summed E-state index contributed by atoms with van der Waals surface area (Å²) in [6, 6.07) is 7.77. The number of aromatic nitrogens is 2. The van der Waals surface area contributed by atoms with Crippen LogP contribution in [0.3, 0.4) is 0 Å². The van der Waals surface area contributed by atoms with E-state index in [0.29, 0.717) is 13.1 Å². The van der Waals surface area contributed by atoms with Crippen LogP contribution in [0.15, 0.2) is 24.3 Å². The number of carboxylic acids is 1. The molecule has 1 aromatic carbocycles. The van der Waals surface area contributed by atoms with Crippen LogP contribution in [0, 0.1) is 6.92 Å². The zero-order valence-corrected chi connectivity index (χ0v) is 16.6. The SMILES string of the molecule is Cc1ccccc1C(=O)N1Cc2c(CN(C)C)nn(C)c2C1.O=C(O)C(F)(F)F. The van der Waals surface area contributed by atoms with Crippen molar-refractivity contribution < 1.29 is 27.9 Å². The third kappa shape index (κ3) is 5.35. The fraction of sp³-hybridized carbons (Fsp3) is 0.421. The number of hydrogen-bond donors (Lipinski definition) is 1. The number of rotatable bonds is 3. The second-order valence-corrected chi connectivity index (χ2v) is 7.01. The molecule has 1 aromatic heterocycles. The lowest BCUT2D eigenvalue weighted by Gasteiger charge is -2.18. The molecule has 0 unspecified atom stereocenters. The van der Waals surface area contributed by atoms with E-state index in [4.69, 9.17) is 9.90 Å². The van der Waals surface area contributed by atoms with Gasteiger partial charge in [-0.15, -0.1) is 0 Å². The molecule has 10 heteroatoms. The molecule has 0 bridgehead atoms. The summed E-state index contributed by atoms with van der Waals surface area (Å²) in [7, 11) is 6.03. The van der Waals surface area contributed by atoms with Crippen molar-refractivity contribution in [1.29, 1.82) is 0 Å². The van der Waals surface area contributed by atoms with Crippen LogP contribution in [-0.4, -0.2) is 56.8 Å². The topological polar surface area (TPSA) is 78.7 Å². The predicted octanol–water partition coefficient (Wildman–Crippen LogP) is 2.58. The van der Waals surface area contributed by atoms with Gasteiger partial charge >= 0.3 is 12.1 Å². The van der Waals surface area contributed by atoms with Gasteiger partial charge in [-0.2, -0.15) is 18.3 Å². The number of fused-ring (bicyclic) bond motifs is 1. The normalized spacial score (nSPS) is 13.2. The number of nitrogens with zero attached hydrogens (tertiary/aromatic N) is 4. The lowest BCUT2D eigenvalue weighted by molar-refractivity contribution is -0.192.